The van der Waals surface area contributed by atoms with E-state index >= 15 is 0 Å². The quantitative estimate of drug-likeness (QED) is 0.0195. The molecular weight excluding hydrogens is 978 g/mol. The molecule has 0 spiro atoms. The van der Waals surface area contributed by atoms with Gasteiger partial charge in [-0.25, -0.2) is 0 Å². The molecular formula is C67H114NO8P. The van der Waals surface area contributed by atoms with Gasteiger partial charge in [-0.1, -0.05) is 257 Å². The van der Waals surface area contributed by atoms with Crippen LogP contribution in [0.3, 0.4) is 0 Å². The predicted molar refractivity (Wildman–Crippen MR) is 328 cm³/mol. The number of allylic oxidation sites excluding steroid dienone is 20. The number of phosphoric acid groups is 1. The lowest BCUT2D eigenvalue weighted by Crippen LogP contribution is -2.37. The summed E-state index contributed by atoms with van der Waals surface area (Å²) in [5.74, 6) is -0.844. The smallest absolute Gasteiger partial charge is 0.306 e. The van der Waals surface area contributed by atoms with Gasteiger partial charge in [-0.3, -0.25) is 14.2 Å². The minimum atomic E-state index is -4.64. The summed E-state index contributed by atoms with van der Waals surface area (Å²) in [6, 6.07) is 0. The average Bonchev–Trinajstić information content (AvgIpc) is 3.39. The van der Waals surface area contributed by atoms with E-state index in [0.717, 1.165) is 109 Å². The Morgan fingerprint density at radius 3 is 1.10 bits per heavy atom. The Hall–Kier alpha value is -3.59. The Labute approximate surface area is 473 Å². The molecule has 0 fully saturated rings. The minimum absolute atomic E-state index is 0.0366. The molecule has 0 saturated carbocycles. The summed E-state index contributed by atoms with van der Waals surface area (Å²) in [7, 11) is 1.15. The van der Waals surface area contributed by atoms with Crippen LogP contribution in [0.1, 0.15) is 239 Å². The molecule has 0 aliphatic rings. The zero-order valence-electron chi connectivity index (χ0n) is 49.9. The number of quaternary nitrogens is 1. The molecule has 2 atom stereocenters. The number of likely N-dealkylation sites (N-methyl/N-ethyl adjacent to an activating group) is 1. The third kappa shape index (κ3) is 61.5. The van der Waals surface area contributed by atoms with Gasteiger partial charge in [0.2, 0.25) is 0 Å². The maximum atomic E-state index is 12.8. The first-order chi connectivity index (χ1) is 37.5. The van der Waals surface area contributed by atoms with Crippen molar-refractivity contribution in [3.05, 3.63) is 122 Å². The highest BCUT2D eigenvalue weighted by atomic mass is 31.2. The molecule has 0 bridgehead atoms. The van der Waals surface area contributed by atoms with E-state index in [1.165, 1.54) is 96.3 Å². The van der Waals surface area contributed by atoms with Crippen molar-refractivity contribution < 1.29 is 42.1 Å². The van der Waals surface area contributed by atoms with Crippen LogP contribution in [-0.4, -0.2) is 70.0 Å². The van der Waals surface area contributed by atoms with E-state index in [-0.39, 0.29) is 32.0 Å². The number of carbonyl (C=O) groups is 2. The highest BCUT2D eigenvalue weighted by Gasteiger charge is 2.22. The molecule has 0 saturated heterocycles. The Kier molecular flexibility index (Phi) is 54.4. The number of unbranched alkanes of at least 4 members (excludes halogenated alkanes) is 21. The number of hydrogen-bond acceptors (Lipinski definition) is 8. The number of hydrogen-bond donors (Lipinski definition) is 0. The summed E-state index contributed by atoms with van der Waals surface area (Å²) in [5, 5.41) is 0. The second-order valence-electron chi connectivity index (χ2n) is 21.3. The zero-order chi connectivity index (χ0) is 56.3. The number of phosphoric ester groups is 1. The van der Waals surface area contributed by atoms with Crippen LogP contribution in [0.15, 0.2) is 122 Å². The molecule has 9 nitrogen and oxygen atoms in total. The minimum Gasteiger partial charge on any atom is -0.756 e. The lowest BCUT2D eigenvalue weighted by Gasteiger charge is -2.28. The number of ether oxygens (including phenoxy) is 2. The van der Waals surface area contributed by atoms with E-state index in [1.54, 1.807) is 0 Å². The Balaban J connectivity index is 4.11. The average molecular weight is 1090 g/mol. The van der Waals surface area contributed by atoms with Gasteiger partial charge in [0.1, 0.15) is 19.8 Å². The monoisotopic (exact) mass is 1090 g/mol. The third-order valence-electron chi connectivity index (χ3n) is 12.7. The summed E-state index contributed by atoms with van der Waals surface area (Å²) in [4.78, 5) is 37.8. The van der Waals surface area contributed by atoms with Crippen LogP contribution in [0.25, 0.3) is 0 Å². The van der Waals surface area contributed by atoms with Crippen LogP contribution >= 0.6 is 7.82 Å². The molecule has 10 heteroatoms. The van der Waals surface area contributed by atoms with Gasteiger partial charge in [0.15, 0.2) is 6.10 Å². The number of nitrogens with zero attached hydrogens (tertiary/aromatic N) is 1. The molecule has 0 heterocycles. The predicted octanol–water partition coefficient (Wildman–Crippen LogP) is 18.9. The molecule has 0 aromatic carbocycles. The van der Waals surface area contributed by atoms with Gasteiger partial charge in [0.25, 0.3) is 7.82 Å². The van der Waals surface area contributed by atoms with Crippen LogP contribution in [-0.2, 0) is 32.7 Å². The highest BCUT2D eigenvalue weighted by molar-refractivity contribution is 7.45. The number of rotatable bonds is 55. The standard InChI is InChI=1S/C67H114NO8P/c1-6-8-10-12-14-16-18-20-22-23-24-25-26-27-28-29-30-31-32-33-34-35-36-37-38-39-40-41-42-43-44-45-46-48-50-52-54-56-58-60-67(70)76-65(64-75-77(71,72)74-62-61-68(3,4)5)63-73-66(69)59-57-55-53-51-49-47-21-19-17-15-13-11-9-7-2/h8,10,14,16,20,22,24-25,27-28,30-31,33-34,36-37,39-40,42-43,65H,6-7,9,11-13,15,17-19,21,23,26,29,32,35,38,41,44-64H2,1-5H3/b10-8-,16-14-,22-20-,25-24-,28-27-,31-30-,34-33-,37-36-,40-39-,43-42-. The largest absolute Gasteiger partial charge is 0.756 e. The molecule has 0 amide bonds. The van der Waals surface area contributed by atoms with Crippen LogP contribution < -0.4 is 4.89 Å². The summed E-state index contributed by atoms with van der Waals surface area (Å²) in [6.45, 7) is 4.11. The van der Waals surface area contributed by atoms with Gasteiger partial charge in [0.05, 0.1) is 27.7 Å². The molecule has 0 aliphatic carbocycles. The topological polar surface area (TPSA) is 111 Å². The highest BCUT2D eigenvalue weighted by Crippen LogP contribution is 2.38. The van der Waals surface area contributed by atoms with Crippen molar-refractivity contribution in [1.82, 2.24) is 0 Å². The first-order valence-electron chi connectivity index (χ1n) is 30.7. The van der Waals surface area contributed by atoms with Gasteiger partial charge in [-0.2, -0.15) is 0 Å². The van der Waals surface area contributed by atoms with Gasteiger partial charge in [0, 0.05) is 12.8 Å². The molecule has 0 rings (SSSR count). The van der Waals surface area contributed by atoms with Crippen LogP contribution in [0, 0.1) is 0 Å². The van der Waals surface area contributed by atoms with Crippen molar-refractivity contribution in [2.75, 3.05) is 47.5 Å². The molecule has 0 aromatic heterocycles. The van der Waals surface area contributed by atoms with E-state index < -0.39 is 26.5 Å². The van der Waals surface area contributed by atoms with Gasteiger partial charge in [-0.15, -0.1) is 0 Å². The normalized spacial score (nSPS) is 14.1. The fraction of sp³-hybridized carbons (Fsp3) is 0.672. The van der Waals surface area contributed by atoms with Gasteiger partial charge in [-0.05, 0) is 89.9 Å². The van der Waals surface area contributed by atoms with Crippen LogP contribution in [0.5, 0.6) is 0 Å². The first kappa shape index (κ1) is 73.4. The number of esters is 2. The second-order valence-corrected chi connectivity index (χ2v) is 22.8. The van der Waals surface area contributed by atoms with Crippen molar-refractivity contribution in [2.24, 2.45) is 0 Å². The summed E-state index contributed by atoms with van der Waals surface area (Å²) in [6.07, 6.45) is 81.1. The molecule has 0 aromatic rings. The molecule has 0 N–H and O–H groups in total. The lowest BCUT2D eigenvalue weighted by molar-refractivity contribution is -0.870. The zero-order valence-corrected chi connectivity index (χ0v) is 50.8. The van der Waals surface area contributed by atoms with E-state index in [4.69, 9.17) is 18.5 Å². The maximum absolute atomic E-state index is 12.8. The van der Waals surface area contributed by atoms with Crippen molar-refractivity contribution in [1.29, 1.82) is 0 Å². The number of carbonyl (C=O) groups excluding carboxylic acids is 2. The van der Waals surface area contributed by atoms with Gasteiger partial charge < -0.3 is 27.9 Å². The van der Waals surface area contributed by atoms with Crippen molar-refractivity contribution in [3.8, 4) is 0 Å². The molecule has 0 radical (unpaired) electrons. The van der Waals surface area contributed by atoms with E-state index in [0.29, 0.717) is 17.4 Å². The Morgan fingerprint density at radius 2 is 0.740 bits per heavy atom. The lowest BCUT2D eigenvalue weighted by atomic mass is 10.0. The maximum Gasteiger partial charge on any atom is 0.306 e. The Morgan fingerprint density at radius 1 is 0.416 bits per heavy atom. The fourth-order valence-electron chi connectivity index (χ4n) is 8.04. The molecule has 0 aliphatic heterocycles. The molecule has 440 valence electrons. The Bertz CT molecular complexity index is 1710. The molecule has 2 unspecified atom stereocenters. The summed E-state index contributed by atoms with van der Waals surface area (Å²) < 4.78 is 34.1. The van der Waals surface area contributed by atoms with E-state index in [2.05, 4.69) is 135 Å². The van der Waals surface area contributed by atoms with Crippen molar-refractivity contribution >= 4 is 19.8 Å². The van der Waals surface area contributed by atoms with Crippen LogP contribution in [0.2, 0.25) is 0 Å². The van der Waals surface area contributed by atoms with Gasteiger partial charge >= 0.3 is 11.9 Å². The SMILES string of the molecule is CC/C=C\C/C=C\C/C=C\C/C=C\C/C=C\C/C=C\C/C=C\C/C=C\C/C=C\C/C=C\CCCCCCCCCCC(=O)OC(COC(=O)CCCCCCCCCCCCCCCC)COP(=O)([O-])OCC[N+](C)(C)C. The molecule has 77 heavy (non-hydrogen) atoms. The summed E-state index contributed by atoms with van der Waals surface area (Å²) in [5.41, 5.74) is 0. The second kappa shape index (κ2) is 57.1. The van der Waals surface area contributed by atoms with E-state index in [9.17, 15) is 19.0 Å². The van der Waals surface area contributed by atoms with E-state index in [1.807, 2.05) is 21.1 Å². The van der Waals surface area contributed by atoms with Crippen molar-refractivity contribution in [2.45, 2.75) is 245 Å². The van der Waals surface area contributed by atoms with Crippen LogP contribution in [0.4, 0.5) is 0 Å². The third-order valence-corrected chi connectivity index (χ3v) is 13.7. The fourth-order valence-corrected chi connectivity index (χ4v) is 8.77. The summed E-state index contributed by atoms with van der Waals surface area (Å²) >= 11 is 0. The first-order valence-corrected chi connectivity index (χ1v) is 32.2. The van der Waals surface area contributed by atoms with Crippen molar-refractivity contribution in [3.63, 3.8) is 0 Å².